The Labute approximate surface area is 109 Å². The average Bonchev–Trinajstić information content (AvgIpc) is 2.38. The third-order valence-electron chi connectivity index (χ3n) is 2.42. The lowest BCUT2D eigenvalue weighted by molar-refractivity contribution is 0.0597. The Balaban J connectivity index is 2.82. The molecule has 0 heterocycles. The maximum absolute atomic E-state index is 11.9. The van der Waals surface area contributed by atoms with Gasteiger partial charge in [0.2, 0.25) is 0 Å². The minimum atomic E-state index is -0.463. The van der Waals surface area contributed by atoms with Gasteiger partial charge in [-0.2, -0.15) is 0 Å². The van der Waals surface area contributed by atoms with Crippen molar-refractivity contribution in [3.63, 3.8) is 0 Å². The molecule has 0 bridgehead atoms. The Kier molecular flexibility index (Phi) is 5.91. The van der Waals surface area contributed by atoms with Crippen LogP contribution in [-0.2, 0) is 4.74 Å². The molecule has 1 rings (SSSR count). The molecule has 0 amide bonds. The van der Waals surface area contributed by atoms with Crippen LogP contribution in [0.1, 0.15) is 40.0 Å². The molecule has 0 aliphatic rings. The van der Waals surface area contributed by atoms with E-state index in [1.54, 1.807) is 24.3 Å². The Morgan fingerprint density at radius 1 is 1.18 bits per heavy atom. The first kappa shape index (κ1) is 13.9. The third kappa shape index (κ3) is 3.97. The van der Waals surface area contributed by atoms with Gasteiger partial charge < -0.3 is 4.74 Å². The van der Waals surface area contributed by atoms with Crippen LogP contribution in [0, 0.1) is 0 Å². The van der Waals surface area contributed by atoms with E-state index < -0.39 is 5.97 Å². The summed E-state index contributed by atoms with van der Waals surface area (Å²) in [6.07, 6.45) is 2.23. The Morgan fingerprint density at radius 2 is 1.82 bits per heavy atom. The highest BCUT2D eigenvalue weighted by Gasteiger charge is 2.16. The summed E-state index contributed by atoms with van der Waals surface area (Å²) in [6.45, 7) is 0. The first-order valence-corrected chi connectivity index (χ1v) is 6.59. The number of halogens is 1. The van der Waals surface area contributed by atoms with Crippen LogP contribution in [0.5, 0.6) is 0 Å². The minimum absolute atomic E-state index is 0.00745. The summed E-state index contributed by atoms with van der Waals surface area (Å²) in [4.78, 5) is 23.4. The molecule has 0 saturated heterocycles. The molecular formula is C13H15BrO3. The van der Waals surface area contributed by atoms with Crippen molar-refractivity contribution < 1.29 is 14.3 Å². The molecule has 1 aromatic carbocycles. The van der Waals surface area contributed by atoms with Crippen LogP contribution in [0.2, 0.25) is 0 Å². The molecule has 0 aliphatic heterocycles. The van der Waals surface area contributed by atoms with Crippen molar-refractivity contribution >= 4 is 27.7 Å². The standard InChI is InChI=1S/C13H15BrO3/c1-17-13(16)11-7-3-2-6-10(11)12(15)8-4-5-9-14/h2-3,6-7H,4-5,8-9H2,1H3. The van der Waals surface area contributed by atoms with Gasteiger partial charge in [0.05, 0.1) is 12.7 Å². The zero-order chi connectivity index (χ0) is 12.7. The molecule has 0 saturated carbocycles. The lowest BCUT2D eigenvalue weighted by Crippen LogP contribution is -2.10. The Morgan fingerprint density at radius 3 is 2.41 bits per heavy atom. The Hall–Kier alpha value is -1.16. The summed E-state index contributed by atoms with van der Waals surface area (Å²) in [6, 6.07) is 6.76. The van der Waals surface area contributed by atoms with Crippen molar-refractivity contribution in [1.29, 1.82) is 0 Å². The quantitative estimate of drug-likeness (QED) is 0.350. The normalized spacial score (nSPS) is 10.0. The number of alkyl halides is 1. The highest BCUT2D eigenvalue weighted by molar-refractivity contribution is 9.09. The number of ketones is 1. The number of ether oxygens (including phenoxy) is 1. The van der Waals surface area contributed by atoms with Gasteiger partial charge in [-0.15, -0.1) is 0 Å². The number of carbonyl (C=O) groups is 2. The first-order chi connectivity index (χ1) is 8.20. The number of carbonyl (C=O) groups excluding carboxylic acids is 2. The van der Waals surface area contributed by atoms with E-state index in [4.69, 9.17) is 0 Å². The molecule has 4 heteroatoms. The van der Waals surface area contributed by atoms with E-state index >= 15 is 0 Å². The van der Waals surface area contributed by atoms with Crippen molar-refractivity contribution in [3.8, 4) is 0 Å². The maximum Gasteiger partial charge on any atom is 0.338 e. The monoisotopic (exact) mass is 298 g/mol. The van der Waals surface area contributed by atoms with Crippen molar-refractivity contribution in [2.75, 3.05) is 12.4 Å². The SMILES string of the molecule is COC(=O)c1ccccc1C(=O)CCCCBr. The molecule has 0 atom stereocenters. The number of Topliss-reactive ketones (excluding diaryl/α,β-unsaturated/α-hetero) is 1. The van der Waals surface area contributed by atoms with Crippen LogP contribution in [0.4, 0.5) is 0 Å². The van der Waals surface area contributed by atoms with Crippen molar-refractivity contribution in [2.45, 2.75) is 19.3 Å². The van der Waals surface area contributed by atoms with E-state index in [9.17, 15) is 9.59 Å². The molecule has 0 unspecified atom stereocenters. The van der Waals surface area contributed by atoms with E-state index in [1.807, 2.05) is 0 Å². The van der Waals surface area contributed by atoms with Crippen LogP contribution in [0.25, 0.3) is 0 Å². The average molecular weight is 299 g/mol. The molecule has 0 aromatic heterocycles. The number of rotatable bonds is 6. The van der Waals surface area contributed by atoms with Gasteiger partial charge in [0.15, 0.2) is 5.78 Å². The van der Waals surface area contributed by atoms with Gasteiger partial charge >= 0.3 is 5.97 Å². The largest absolute Gasteiger partial charge is 0.465 e. The summed E-state index contributed by atoms with van der Waals surface area (Å²) in [7, 11) is 1.31. The second-order valence-corrected chi connectivity index (χ2v) is 4.40. The molecule has 0 N–H and O–H groups in total. The molecule has 17 heavy (non-hydrogen) atoms. The molecule has 0 spiro atoms. The first-order valence-electron chi connectivity index (χ1n) is 5.47. The van der Waals surface area contributed by atoms with Gasteiger partial charge in [-0.1, -0.05) is 34.1 Å². The number of methoxy groups -OCH3 is 1. The molecular weight excluding hydrogens is 284 g/mol. The van der Waals surface area contributed by atoms with Crippen LogP contribution in [-0.4, -0.2) is 24.2 Å². The minimum Gasteiger partial charge on any atom is -0.465 e. The summed E-state index contributed by atoms with van der Waals surface area (Å²) < 4.78 is 4.65. The fourth-order valence-electron chi connectivity index (χ4n) is 1.53. The molecule has 1 aromatic rings. The van der Waals surface area contributed by atoms with Crippen molar-refractivity contribution in [1.82, 2.24) is 0 Å². The highest BCUT2D eigenvalue weighted by Crippen LogP contribution is 2.14. The number of hydrogen-bond donors (Lipinski definition) is 0. The van der Waals surface area contributed by atoms with Crippen molar-refractivity contribution in [2.24, 2.45) is 0 Å². The fourth-order valence-corrected chi connectivity index (χ4v) is 1.93. The van der Waals surface area contributed by atoms with Crippen LogP contribution in [0.15, 0.2) is 24.3 Å². The van der Waals surface area contributed by atoms with E-state index in [-0.39, 0.29) is 5.78 Å². The lowest BCUT2D eigenvalue weighted by atomic mass is 10.0. The fraction of sp³-hybridized carbons (Fsp3) is 0.385. The second-order valence-electron chi connectivity index (χ2n) is 3.61. The van der Waals surface area contributed by atoms with E-state index in [1.165, 1.54) is 7.11 Å². The zero-order valence-corrected chi connectivity index (χ0v) is 11.3. The Bertz CT molecular complexity index is 401. The van der Waals surface area contributed by atoms with Gasteiger partial charge in [-0.05, 0) is 18.9 Å². The second kappa shape index (κ2) is 7.22. The lowest BCUT2D eigenvalue weighted by Gasteiger charge is -2.06. The summed E-state index contributed by atoms with van der Waals surface area (Å²) >= 11 is 3.32. The zero-order valence-electron chi connectivity index (χ0n) is 9.74. The molecule has 0 radical (unpaired) electrons. The third-order valence-corrected chi connectivity index (χ3v) is 2.98. The van der Waals surface area contributed by atoms with Crippen LogP contribution < -0.4 is 0 Å². The van der Waals surface area contributed by atoms with Crippen molar-refractivity contribution in [3.05, 3.63) is 35.4 Å². The topological polar surface area (TPSA) is 43.4 Å². The van der Waals surface area contributed by atoms with E-state index in [0.717, 1.165) is 18.2 Å². The predicted octanol–water partition coefficient (Wildman–Crippen LogP) is 3.22. The molecule has 92 valence electrons. The van der Waals surface area contributed by atoms with Crippen LogP contribution >= 0.6 is 15.9 Å². The smallest absolute Gasteiger partial charge is 0.338 e. The van der Waals surface area contributed by atoms with Gasteiger partial charge in [0.25, 0.3) is 0 Å². The number of hydrogen-bond acceptors (Lipinski definition) is 3. The van der Waals surface area contributed by atoms with Crippen LogP contribution in [0.3, 0.4) is 0 Å². The van der Waals surface area contributed by atoms with E-state index in [2.05, 4.69) is 20.7 Å². The molecule has 3 nitrogen and oxygen atoms in total. The van der Waals surface area contributed by atoms with E-state index in [0.29, 0.717) is 17.5 Å². The highest BCUT2D eigenvalue weighted by atomic mass is 79.9. The predicted molar refractivity (Wildman–Crippen MR) is 69.8 cm³/mol. The summed E-state index contributed by atoms with van der Waals surface area (Å²) in [5.41, 5.74) is 0.799. The maximum atomic E-state index is 11.9. The number of esters is 1. The number of unbranched alkanes of at least 4 members (excludes halogenated alkanes) is 1. The summed E-state index contributed by atoms with van der Waals surface area (Å²) in [5.74, 6) is -0.471. The number of benzene rings is 1. The van der Waals surface area contributed by atoms with Gasteiger partial charge in [0, 0.05) is 17.3 Å². The van der Waals surface area contributed by atoms with Gasteiger partial charge in [-0.25, -0.2) is 4.79 Å². The van der Waals surface area contributed by atoms with Gasteiger partial charge in [0.1, 0.15) is 0 Å². The molecule has 0 fully saturated rings. The summed E-state index contributed by atoms with van der Waals surface area (Å²) in [5, 5.41) is 0.888. The molecule has 0 aliphatic carbocycles. The van der Waals surface area contributed by atoms with Gasteiger partial charge in [-0.3, -0.25) is 4.79 Å².